The van der Waals surface area contributed by atoms with Crippen LogP contribution in [0.5, 0.6) is 0 Å². The average Bonchev–Trinajstić information content (AvgIpc) is 2.27. The lowest BCUT2D eigenvalue weighted by Gasteiger charge is -2.25. The van der Waals surface area contributed by atoms with E-state index in [-0.39, 0.29) is 4.90 Å². The van der Waals surface area contributed by atoms with E-state index in [0.29, 0.717) is 18.2 Å². The first-order valence-corrected chi connectivity index (χ1v) is 7.16. The Morgan fingerprint density at radius 2 is 1.88 bits per heavy atom. The molecule has 0 atom stereocenters. The van der Waals surface area contributed by atoms with Crippen LogP contribution in [-0.4, -0.2) is 15.0 Å². The molecule has 6 heteroatoms. The summed E-state index contributed by atoms with van der Waals surface area (Å²) >= 11 is 0. The van der Waals surface area contributed by atoms with Crippen LogP contribution < -0.4 is 16.0 Å². The van der Waals surface area contributed by atoms with Crippen LogP contribution in [0.3, 0.4) is 0 Å². The molecule has 17 heavy (non-hydrogen) atoms. The summed E-state index contributed by atoms with van der Waals surface area (Å²) in [5.41, 5.74) is 3.14. The van der Waals surface area contributed by atoms with Crippen molar-refractivity contribution in [2.24, 2.45) is 11.8 Å². The minimum Gasteiger partial charge on any atom is -0.324 e. The van der Waals surface area contributed by atoms with Crippen LogP contribution in [0.25, 0.3) is 0 Å². The van der Waals surface area contributed by atoms with Gasteiger partial charge in [0, 0.05) is 12.2 Å². The number of hydrogen-bond acceptors (Lipinski definition) is 4. The largest absolute Gasteiger partial charge is 0.324 e. The lowest BCUT2D eigenvalue weighted by atomic mass is 9.86. The minimum absolute atomic E-state index is 0.274. The van der Waals surface area contributed by atoms with Gasteiger partial charge in [0.15, 0.2) is 0 Å². The summed E-state index contributed by atoms with van der Waals surface area (Å²) in [6.45, 7) is 0.541. The van der Waals surface area contributed by atoms with Crippen molar-refractivity contribution in [1.82, 2.24) is 4.72 Å². The van der Waals surface area contributed by atoms with Crippen LogP contribution in [0.1, 0.15) is 19.3 Å². The van der Waals surface area contributed by atoms with E-state index in [1.165, 1.54) is 18.6 Å². The molecule has 1 aromatic carbocycles. The number of hydrogen-bond donors (Lipinski definition) is 3. The van der Waals surface area contributed by atoms with Gasteiger partial charge in [-0.25, -0.2) is 13.1 Å². The van der Waals surface area contributed by atoms with Crippen molar-refractivity contribution in [2.75, 3.05) is 12.0 Å². The molecule has 1 saturated carbocycles. The Bertz CT molecular complexity index is 466. The number of sulfonamides is 1. The number of benzene rings is 1. The quantitative estimate of drug-likeness (QED) is 0.542. The monoisotopic (exact) mass is 255 g/mol. The zero-order valence-electron chi connectivity index (χ0n) is 9.52. The Hall–Kier alpha value is -1.11. The van der Waals surface area contributed by atoms with E-state index < -0.39 is 10.0 Å². The highest BCUT2D eigenvalue weighted by Crippen LogP contribution is 2.25. The van der Waals surface area contributed by atoms with Gasteiger partial charge < -0.3 is 5.43 Å². The summed E-state index contributed by atoms with van der Waals surface area (Å²) in [6.07, 6.45) is 3.46. The fraction of sp³-hybridized carbons (Fsp3) is 0.455. The van der Waals surface area contributed by atoms with Gasteiger partial charge in [-0.2, -0.15) is 0 Å². The average molecular weight is 255 g/mol. The smallest absolute Gasteiger partial charge is 0.240 e. The first kappa shape index (κ1) is 12.3. The summed E-state index contributed by atoms with van der Waals surface area (Å²) in [6, 6.07) is 6.35. The zero-order chi connectivity index (χ0) is 12.3. The summed E-state index contributed by atoms with van der Waals surface area (Å²) in [5, 5.41) is 0. The second-order valence-electron chi connectivity index (χ2n) is 4.32. The molecule has 0 amide bonds. The third kappa shape index (κ3) is 2.96. The number of nitrogens with two attached hydrogens (primary N) is 1. The number of anilines is 1. The second kappa shape index (κ2) is 5.03. The number of hydrazine groups is 1. The van der Waals surface area contributed by atoms with Crippen molar-refractivity contribution in [2.45, 2.75) is 24.2 Å². The molecular formula is C11H17N3O2S. The molecular weight excluding hydrogens is 238 g/mol. The zero-order valence-corrected chi connectivity index (χ0v) is 10.3. The predicted molar refractivity (Wildman–Crippen MR) is 66.8 cm³/mol. The highest BCUT2D eigenvalue weighted by molar-refractivity contribution is 7.89. The molecule has 0 heterocycles. The number of nitrogens with one attached hydrogen (secondary N) is 2. The van der Waals surface area contributed by atoms with Crippen molar-refractivity contribution in [1.29, 1.82) is 0 Å². The molecule has 4 N–H and O–H groups in total. The third-order valence-corrected chi connectivity index (χ3v) is 4.56. The van der Waals surface area contributed by atoms with Crippen LogP contribution in [0.4, 0.5) is 5.69 Å². The SMILES string of the molecule is NNc1ccc(S(=O)(=O)NCC2CCC2)cc1. The lowest BCUT2D eigenvalue weighted by Crippen LogP contribution is -2.32. The first-order valence-electron chi connectivity index (χ1n) is 5.68. The Labute approximate surface area is 101 Å². The molecule has 1 fully saturated rings. The normalized spacial score (nSPS) is 16.5. The molecule has 0 unspecified atom stereocenters. The molecule has 0 aliphatic heterocycles. The molecule has 5 nitrogen and oxygen atoms in total. The molecule has 0 aromatic heterocycles. The van der Waals surface area contributed by atoms with E-state index in [2.05, 4.69) is 10.1 Å². The predicted octanol–water partition coefficient (Wildman–Crippen LogP) is 1.05. The van der Waals surface area contributed by atoms with Gasteiger partial charge in [0.2, 0.25) is 10.0 Å². The fourth-order valence-corrected chi connectivity index (χ4v) is 2.85. The second-order valence-corrected chi connectivity index (χ2v) is 6.08. The van der Waals surface area contributed by atoms with Crippen molar-refractivity contribution in [3.05, 3.63) is 24.3 Å². The van der Waals surface area contributed by atoms with Crippen molar-refractivity contribution in [3.63, 3.8) is 0 Å². The minimum atomic E-state index is -3.38. The van der Waals surface area contributed by atoms with Gasteiger partial charge in [0.05, 0.1) is 4.90 Å². The van der Waals surface area contributed by atoms with E-state index in [1.54, 1.807) is 12.1 Å². The molecule has 2 rings (SSSR count). The molecule has 94 valence electrons. The summed E-state index contributed by atoms with van der Waals surface area (Å²) in [7, 11) is -3.38. The van der Waals surface area contributed by atoms with Crippen LogP contribution in [-0.2, 0) is 10.0 Å². The van der Waals surface area contributed by atoms with E-state index in [0.717, 1.165) is 12.8 Å². The van der Waals surface area contributed by atoms with Gasteiger partial charge in [-0.05, 0) is 43.0 Å². The lowest BCUT2D eigenvalue weighted by molar-refractivity contribution is 0.316. The molecule has 0 saturated heterocycles. The van der Waals surface area contributed by atoms with Gasteiger partial charge in [-0.15, -0.1) is 0 Å². The van der Waals surface area contributed by atoms with Gasteiger partial charge >= 0.3 is 0 Å². The van der Waals surface area contributed by atoms with E-state index in [9.17, 15) is 8.42 Å². The Morgan fingerprint density at radius 3 is 2.35 bits per heavy atom. The third-order valence-electron chi connectivity index (χ3n) is 3.12. The van der Waals surface area contributed by atoms with Crippen LogP contribution in [0, 0.1) is 5.92 Å². The molecule has 0 spiro atoms. The summed E-state index contributed by atoms with van der Waals surface area (Å²) < 4.78 is 26.5. The van der Waals surface area contributed by atoms with E-state index in [4.69, 9.17) is 5.84 Å². The van der Waals surface area contributed by atoms with Gasteiger partial charge in [-0.3, -0.25) is 5.84 Å². The molecule has 1 aromatic rings. The van der Waals surface area contributed by atoms with Gasteiger partial charge in [0.25, 0.3) is 0 Å². The standard InChI is InChI=1S/C11H17N3O2S/c12-14-10-4-6-11(7-5-10)17(15,16)13-8-9-2-1-3-9/h4-7,9,13-14H,1-3,8,12H2. The van der Waals surface area contributed by atoms with Gasteiger partial charge in [-0.1, -0.05) is 6.42 Å². The molecule has 0 bridgehead atoms. The fourth-order valence-electron chi connectivity index (χ4n) is 1.74. The van der Waals surface area contributed by atoms with Crippen molar-refractivity contribution in [3.8, 4) is 0 Å². The van der Waals surface area contributed by atoms with Crippen LogP contribution >= 0.6 is 0 Å². The van der Waals surface area contributed by atoms with Crippen LogP contribution in [0.2, 0.25) is 0 Å². The molecule has 1 aliphatic rings. The highest BCUT2D eigenvalue weighted by atomic mass is 32.2. The van der Waals surface area contributed by atoms with E-state index >= 15 is 0 Å². The van der Waals surface area contributed by atoms with Gasteiger partial charge in [0.1, 0.15) is 0 Å². The summed E-state index contributed by atoms with van der Waals surface area (Å²) in [4.78, 5) is 0.274. The Morgan fingerprint density at radius 1 is 1.24 bits per heavy atom. The maximum absolute atomic E-state index is 11.9. The number of rotatable bonds is 5. The highest BCUT2D eigenvalue weighted by Gasteiger charge is 2.21. The topological polar surface area (TPSA) is 84.2 Å². The maximum atomic E-state index is 11.9. The summed E-state index contributed by atoms with van der Waals surface area (Å²) in [5.74, 6) is 5.73. The molecule has 1 aliphatic carbocycles. The molecule has 0 radical (unpaired) electrons. The van der Waals surface area contributed by atoms with Crippen LogP contribution in [0.15, 0.2) is 29.2 Å². The van der Waals surface area contributed by atoms with E-state index in [1.807, 2.05) is 0 Å². The maximum Gasteiger partial charge on any atom is 0.240 e. The van der Waals surface area contributed by atoms with Crippen molar-refractivity contribution >= 4 is 15.7 Å². The number of nitrogen functional groups attached to an aromatic ring is 1. The first-order chi connectivity index (χ1) is 8.12. The Balaban J connectivity index is 2.02. The van der Waals surface area contributed by atoms with Crippen molar-refractivity contribution < 1.29 is 8.42 Å². The Kier molecular flexibility index (Phi) is 3.66.